The SMILES string of the molecule is C[C@H](NC(=O)c1csc([N+](=O)[O-])c1)C(=O)O. The summed E-state index contributed by atoms with van der Waals surface area (Å²) >= 11 is 0.814. The molecule has 2 N–H and O–H groups in total. The number of nitrogens with one attached hydrogen (secondary N) is 1. The monoisotopic (exact) mass is 244 g/mol. The van der Waals surface area contributed by atoms with Crippen LogP contribution in [0.5, 0.6) is 0 Å². The molecule has 86 valence electrons. The van der Waals surface area contributed by atoms with Crippen LogP contribution in [0.25, 0.3) is 0 Å². The van der Waals surface area contributed by atoms with Gasteiger partial charge in [-0.05, 0) is 6.92 Å². The van der Waals surface area contributed by atoms with E-state index in [0.29, 0.717) is 0 Å². The van der Waals surface area contributed by atoms with Crippen molar-refractivity contribution in [2.24, 2.45) is 0 Å². The molecule has 1 aromatic rings. The summed E-state index contributed by atoms with van der Waals surface area (Å²) in [6, 6.07) is 0.0700. The lowest BCUT2D eigenvalue weighted by Crippen LogP contribution is -2.38. The Morgan fingerprint density at radius 1 is 1.62 bits per heavy atom. The number of carbonyl (C=O) groups excluding carboxylic acids is 1. The van der Waals surface area contributed by atoms with Crippen LogP contribution in [0, 0.1) is 10.1 Å². The lowest BCUT2D eigenvalue weighted by molar-refractivity contribution is -0.380. The molecule has 0 aliphatic rings. The highest BCUT2D eigenvalue weighted by atomic mass is 32.1. The van der Waals surface area contributed by atoms with Gasteiger partial charge < -0.3 is 10.4 Å². The van der Waals surface area contributed by atoms with Crippen LogP contribution in [0.15, 0.2) is 11.4 Å². The molecule has 1 heterocycles. The molecule has 8 heteroatoms. The van der Waals surface area contributed by atoms with Crippen LogP contribution in [-0.4, -0.2) is 27.9 Å². The standard InChI is InChI=1S/C8H8N2O5S/c1-4(8(12)13)9-7(11)5-2-6(10(14)15)16-3-5/h2-4H,1H3,(H,9,11)(H,12,13)/t4-/m0/s1. The summed E-state index contributed by atoms with van der Waals surface area (Å²) in [7, 11) is 0. The first-order valence-electron chi connectivity index (χ1n) is 4.18. The second kappa shape index (κ2) is 4.71. The Labute approximate surface area is 93.9 Å². The van der Waals surface area contributed by atoms with Crippen LogP contribution in [0.3, 0.4) is 0 Å². The molecule has 1 rings (SSSR count). The van der Waals surface area contributed by atoms with Crippen LogP contribution in [0.1, 0.15) is 17.3 Å². The number of rotatable bonds is 4. The summed E-state index contributed by atoms with van der Waals surface area (Å²) in [5, 5.41) is 22.3. The van der Waals surface area contributed by atoms with Gasteiger partial charge in [0.1, 0.15) is 6.04 Å². The van der Waals surface area contributed by atoms with Crippen molar-refractivity contribution in [1.82, 2.24) is 5.32 Å². The third kappa shape index (κ3) is 2.76. The molecule has 0 saturated heterocycles. The fourth-order valence-electron chi connectivity index (χ4n) is 0.881. The molecule has 0 fully saturated rings. The normalized spacial score (nSPS) is 11.8. The van der Waals surface area contributed by atoms with Gasteiger partial charge in [0.2, 0.25) is 0 Å². The van der Waals surface area contributed by atoms with Gasteiger partial charge in [0.15, 0.2) is 0 Å². The molecule has 0 saturated carbocycles. The van der Waals surface area contributed by atoms with Crippen molar-refractivity contribution in [2.45, 2.75) is 13.0 Å². The van der Waals surface area contributed by atoms with Crippen molar-refractivity contribution in [3.05, 3.63) is 27.1 Å². The Morgan fingerprint density at radius 2 is 2.25 bits per heavy atom. The first-order chi connectivity index (χ1) is 7.41. The van der Waals surface area contributed by atoms with E-state index in [2.05, 4.69) is 5.32 Å². The average molecular weight is 244 g/mol. The van der Waals surface area contributed by atoms with E-state index in [9.17, 15) is 19.7 Å². The number of carboxylic acids is 1. The summed E-state index contributed by atoms with van der Waals surface area (Å²) in [6.45, 7) is 1.31. The van der Waals surface area contributed by atoms with Crippen LogP contribution < -0.4 is 5.32 Å². The van der Waals surface area contributed by atoms with Gasteiger partial charge in [-0.3, -0.25) is 19.7 Å². The van der Waals surface area contributed by atoms with Crippen LogP contribution in [0.2, 0.25) is 0 Å². The smallest absolute Gasteiger partial charge is 0.325 e. The first-order valence-corrected chi connectivity index (χ1v) is 5.06. The van der Waals surface area contributed by atoms with Crippen LogP contribution in [-0.2, 0) is 4.79 Å². The minimum absolute atomic E-state index is 0.0878. The number of hydrogen-bond donors (Lipinski definition) is 2. The molecule has 1 amide bonds. The van der Waals surface area contributed by atoms with Crippen molar-refractivity contribution in [3.8, 4) is 0 Å². The number of carboxylic acid groups (broad SMARTS) is 1. The van der Waals surface area contributed by atoms with Crippen molar-refractivity contribution in [3.63, 3.8) is 0 Å². The highest BCUT2D eigenvalue weighted by Crippen LogP contribution is 2.22. The molecule has 0 radical (unpaired) electrons. The molecule has 0 bridgehead atoms. The molecule has 0 unspecified atom stereocenters. The summed E-state index contributed by atoms with van der Waals surface area (Å²) in [5.74, 6) is -1.81. The van der Waals surface area contributed by atoms with E-state index in [-0.39, 0.29) is 10.6 Å². The molecular weight excluding hydrogens is 236 g/mol. The fraction of sp³-hybridized carbons (Fsp3) is 0.250. The number of carbonyl (C=O) groups is 2. The maximum atomic E-state index is 11.4. The summed E-state index contributed by atoms with van der Waals surface area (Å²) in [4.78, 5) is 31.6. The van der Waals surface area contributed by atoms with Gasteiger partial charge in [-0.1, -0.05) is 11.3 Å². The number of thiophene rings is 1. The van der Waals surface area contributed by atoms with Crippen molar-refractivity contribution < 1.29 is 19.6 Å². The number of nitrogens with zero attached hydrogens (tertiary/aromatic N) is 1. The molecule has 0 aliphatic carbocycles. The lowest BCUT2D eigenvalue weighted by Gasteiger charge is -2.07. The fourth-order valence-corrected chi connectivity index (χ4v) is 1.59. The molecule has 16 heavy (non-hydrogen) atoms. The zero-order valence-electron chi connectivity index (χ0n) is 8.17. The Bertz CT molecular complexity index is 441. The third-order valence-corrected chi connectivity index (χ3v) is 2.63. The van der Waals surface area contributed by atoms with E-state index in [1.54, 1.807) is 0 Å². The van der Waals surface area contributed by atoms with Gasteiger partial charge >= 0.3 is 11.0 Å². The minimum Gasteiger partial charge on any atom is -0.480 e. The summed E-state index contributed by atoms with van der Waals surface area (Å²) < 4.78 is 0. The Kier molecular flexibility index (Phi) is 3.56. The van der Waals surface area contributed by atoms with Gasteiger partial charge in [0.05, 0.1) is 10.5 Å². The molecule has 0 spiro atoms. The summed E-state index contributed by atoms with van der Waals surface area (Å²) in [6.07, 6.45) is 0. The van der Waals surface area contributed by atoms with E-state index in [0.717, 1.165) is 17.4 Å². The summed E-state index contributed by atoms with van der Waals surface area (Å²) in [5.41, 5.74) is 0.0878. The number of hydrogen-bond acceptors (Lipinski definition) is 5. The third-order valence-electron chi connectivity index (χ3n) is 1.75. The zero-order valence-corrected chi connectivity index (χ0v) is 8.98. The topological polar surface area (TPSA) is 110 Å². The van der Waals surface area contributed by atoms with Gasteiger partial charge in [-0.15, -0.1) is 0 Å². The van der Waals surface area contributed by atoms with Crippen molar-refractivity contribution in [1.29, 1.82) is 0 Å². The Morgan fingerprint density at radius 3 is 2.69 bits per heavy atom. The minimum atomic E-state index is -1.17. The van der Waals surface area contributed by atoms with Gasteiger partial charge in [0.25, 0.3) is 5.91 Å². The molecule has 1 atom stereocenters. The Hall–Kier alpha value is -1.96. The Balaban J connectivity index is 2.73. The van der Waals surface area contributed by atoms with E-state index in [4.69, 9.17) is 5.11 Å². The van der Waals surface area contributed by atoms with Gasteiger partial charge in [-0.2, -0.15) is 0 Å². The zero-order chi connectivity index (χ0) is 12.3. The van der Waals surface area contributed by atoms with Crippen molar-refractivity contribution >= 4 is 28.2 Å². The number of nitro groups is 1. The van der Waals surface area contributed by atoms with Crippen LogP contribution in [0.4, 0.5) is 5.00 Å². The molecular formula is C8H8N2O5S. The molecule has 0 aromatic carbocycles. The number of amides is 1. The second-order valence-corrected chi connectivity index (χ2v) is 3.85. The van der Waals surface area contributed by atoms with E-state index in [1.165, 1.54) is 12.3 Å². The molecule has 1 aromatic heterocycles. The molecule has 7 nitrogen and oxygen atoms in total. The van der Waals surface area contributed by atoms with E-state index < -0.39 is 22.8 Å². The lowest BCUT2D eigenvalue weighted by atomic mass is 10.2. The quantitative estimate of drug-likeness (QED) is 0.603. The largest absolute Gasteiger partial charge is 0.480 e. The van der Waals surface area contributed by atoms with Crippen molar-refractivity contribution in [2.75, 3.05) is 0 Å². The van der Waals surface area contributed by atoms with Gasteiger partial charge in [-0.25, -0.2) is 0 Å². The maximum Gasteiger partial charge on any atom is 0.325 e. The maximum absolute atomic E-state index is 11.4. The molecule has 0 aliphatic heterocycles. The highest BCUT2D eigenvalue weighted by molar-refractivity contribution is 7.13. The van der Waals surface area contributed by atoms with E-state index >= 15 is 0 Å². The average Bonchev–Trinajstić information content (AvgIpc) is 2.65. The predicted octanol–water partition coefficient (Wildman–Crippen LogP) is 0.859. The van der Waals surface area contributed by atoms with Gasteiger partial charge in [0, 0.05) is 11.4 Å². The first kappa shape index (κ1) is 12.1. The number of aliphatic carboxylic acids is 1. The predicted molar refractivity (Wildman–Crippen MR) is 55.5 cm³/mol. The second-order valence-electron chi connectivity index (χ2n) is 2.96. The van der Waals surface area contributed by atoms with Crippen LogP contribution >= 0.6 is 11.3 Å². The highest BCUT2D eigenvalue weighted by Gasteiger charge is 2.18. The van der Waals surface area contributed by atoms with E-state index in [1.807, 2.05) is 0 Å².